The highest BCUT2D eigenvalue weighted by Crippen LogP contribution is 2.32. The van der Waals surface area contributed by atoms with E-state index in [1.807, 2.05) is 29.2 Å². The van der Waals surface area contributed by atoms with Crippen molar-refractivity contribution in [3.05, 3.63) is 52.8 Å². The topological polar surface area (TPSA) is 99.5 Å². The summed E-state index contributed by atoms with van der Waals surface area (Å²) in [7, 11) is 1.61. The van der Waals surface area contributed by atoms with Gasteiger partial charge in [-0.05, 0) is 25.0 Å². The Hall–Kier alpha value is -3.53. The molecule has 1 fully saturated rings. The van der Waals surface area contributed by atoms with Crippen LogP contribution in [0, 0.1) is 0 Å². The molecule has 1 aromatic carbocycles. The first-order valence-electron chi connectivity index (χ1n) is 10.3. The molecule has 5 rings (SSSR count). The summed E-state index contributed by atoms with van der Waals surface area (Å²) in [4.78, 5) is 32.0. The number of imidazole rings is 1. The predicted molar refractivity (Wildman–Crippen MR) is 113 cm³/mol. The van der Waals surface area contributed by atoms with E-state index in [-0.39, 0.29) is 17.5 Å². The summed E-state index contributed by atoms with van der Waals surface area (Å²) in [6.07, 6.45) is 5.02. The summed E-state index contributed by atoms with van der Waals surface area (Å²) in [5.41, 5.74) is 2.65. The third kappa shape index (κ3) is 3.02. The molecule has 0 radical (unpaired) electrons. The van der Waals surface area contributed by atoms with Crippen LogP contribution in [0.25, 0.3) is 22.4 Å². The number of hydrogen-bond donors (Lipinski definition) is 0. The van der Waals surface area contributed by atoms with Gasteiger partial charge in [-0.2, -0.15) is 4.68 Å². The lowest BCUT2D eigenvalue weighted by Gasteiger charge is -2.23. The number of hydrogen-bond acceptors (Lipinski definition) is 6. The number of nitrogens with zero attached hydrogens (tertiary/aromatic N) is 7. The number of carbonyl (C=O) groups excluding carboxylic acids is 1. The van der Waals surface area contributed by atoms with Gasteiger partial charge < -0.3 is 14.2 Å². The molecule has 10 heteroatoms. The van der Waals surface area contributed by atoms with Crippen LogP contribution in [0.2, 0.25) is 0 Å². The molecule has 1 unspecified atom stereocenters. The number of rotatable bonds is 5. The van der Waals surface area contributed by atoms with Crippen LogP contribution in [0.4, 0.5) is 0 Å². The normalized spacial score (nSPS) is 16.6. The Morgan fingerprint density at radius 3 is 2.84 bits per heavy atom. The first-order valence-corrected chi connectivity index (χ1v) is 10.3. The Kier molecular flexibility index (Phi) is 4.78. The molecule has 3 aromatic heterocycles. The number of amides is 1. The molecule has 4 aromatic rings. The number of ether oxygens (including phenoxy) is 1. The van der Waals surface area contributed by atoms with E-state index >= 15 is 0 Å². The number of likely N-dealkylation sites (tertiary alicyclic amines) is 1. The molecule has 1 saturated heterocycles. The fourth-order valence-electron chi connectivity index (χ4n) is 4.50. The predicted octanol–water partition coefficient (Wildman–Crippen LogP) is 1.56. The largest absolute Gasteiger partial charge is 0.383 e. The maximum Gasteiger partial charge on any atom is 0.279 e. The van der Waals surface area contributed by atoms with Crippen LogP contribution in [-0.4, -0.2) is 60.0 Å². The zero-order valence-corrected chi connectivity index (χ0v) is 17.4. The Morgan fingerprint density at radius 1 is 1.26 bits per heavy atom. The minimum atomic E-state index is -0.181. The third-order valence-electron chi connectivity index (χ3n) is 5.92. The molecule has 0 aliphatic carbocycles. The summed E-state index contributed by atoms with van der Waals surface area (Å²) in [5, 5.41) is 8.32. The van der Waals surface area contributed by atoms with Gasteiger partial charge in [-0.3, -0.25) is 14.0 Å². The molecule has 31 heavy (non-hydrogen) atoms. The Morgan fingerprint density at radius 2 is 2.06 bits per heavy atom. The minimum Gasteiger partial charge on any atom is -0.383 e. The smallest absolute Gasteiger partial charge is 0.279 e. The molecule has 1 amide bonds. The monoisotopic (exact) mass is 421 g/mol. The maximum absolute atomic E-state index is 13.6. The van der Waals surface area contributed by atoms with Crippen molar-refractivity contribution in [2.75, 3.05) is 20.3 Å². The van der Waals surface area contributed by atoms with Gasteiger partial charge in [-0.25, -0.2) is 4.98 Å². The standard InChI is InChI=1S/C21H23N7O3/c1-14(29)25-9-5-8-17(25)18-12-23-24-28(18)20-19-21(30)26(10-11-31-2)15-6-3-4-7-16(15)27(19)13-22-20/h3-4,6-7,12-13,17H,5,8-11H2,1-2H3. The van der Waals surface area contributed by atoms with E-state index < -0.39 is 0 Å². The average molecular weight is 421 g/mol. The van der Waals surface area contributed by atoms with Crippen LogP contribution in [0.5, 0.6) is 0 Å². The second-order valence-corrected chi connectivity index (χ2v) is 7.67. The molecule has 1 atom stereocenters. The molecule has 10 nitrogen and oxygen atoms in total. The number of para-hydroxylation sites is 2. The first-order chi connectivity index (χ1) is 15.1. The van der Waals surface area contributed by atoms with Gasteiger partial charge >= 0.3 is 0 Å². The van der Waals surface area contributed by atoms with Crippen molar-refractivity contribution in [3.63, 3.8) is 0 Å². The van der Waals surface area contributed by atoms with Gasteiger partial charge in [0, 0.05) is 27.1 Å². The quantitative estimate of drug-likeness (QED) is 0.485. The van der Waals surface area contributed by atoms with Crippen LogP contribution in [0.1, 0.15) is 31.5 Å². The Balaban J connectivity index is 1.74. The highest BCUT2D eigenvalue weighted by atomic mass is 16.5. The highest BCUT2D eigenvalue weighted by Gasteiger charge is 2.32. The fraction of sp³-hybridized carbons (Fsp3) is 0.381. The summed E-state index contributed by atoms with van der Waals surface area (Å²) in [6, 6.07) is 7.56. The number of carbonyl (C=O) groups is 1. The number of aromatic nitrogens is 6. The molecule has 1 aliphatic heterocycles. The molecular formula is C21H23N7O3. The molecular weight excluding hydrogens is 398 g/mol. The lowest BCUT2D eigenvalue weighted by molar-refractivity contribution is -0.129. The molecule has 0 bridgehead atoms. The van der Waals surface area contributed by atoms with Crippen molar-refractivity contribution >= 4 is 22.5 Å². The van der Waals surface area contributed by atoms with E-state index in [2.05, 4.69) is 15.3 Å². The van der Waals surface area contributed by atoms with Crippen LogP contribution in [0.3, 0.4) is 0 Å². The fourth-order valence-corrected chi connectivity index (χ4v) is 4.50. The van der Waals surface area contributed by atoms with Crippen molar-refractivity contribution in [3.8, 4) is 5.82 Å². The van der Waals surface area contributed by atoms with Gasteiger partial charge in [-0.1, -0.05) is 17.3 Å². The molecule has 0 N–H and O–H groups in total. The van der Waals surface area contributed by atoms with Gasteiger partial charge in [0.2, 0.25) is 5.91 Å². The van der Waals surface area contributed by atoms with Crippen molar-refractivity contribution < 1.29 is 9.53 Å². The molecule has 1 aliphatic rings. The maximum atomic E-state index is 13.6. The van der Waals surface area contributed by atoms with Gasteiger partial charge in [0.15, 0.2) is 11.3 Å². The lowest BCUT2D eigenvalue weighted by atomic mass is 10.1. The average Bonchev–Trinajstić information content (AvgIpc) is 3.51. The highest BCUT2D eigenvalue weighted by molar-refractivity contribution is 5.81. The van der Waals surface area contributed by atoms with Gasteiger partial charge in [0.1, 0.15) is 6.33 Å². The number of benzene rings is 1. The van der Waals surface area contributed by atoms with Crippen molar-refractivity contribution in [2.45, 2.75) is 32.4 Å². The summed E-state index contributed by atoms with van der Waals surface area (Å²) in [6.45, 7) is 3.10. The number of methoxy groups -OCH3 is 1. The van der Waals surface area contributed by atoms with Crippen LogP contribution in [-0.2, 0) is 16.1 Å². The summed E-state index contributed by atoms with van der Waals surface area (Å²) < 4.78 is 10.3. The van der Waals surface area contributed by atoms with E-state index in [0.717, 1.165) is 29.6 Å². The van der Waals surface area contributed by atoms with E-state index in [1.54, 1.807) is 40.2 Å². The second-order valence-electron chi connectivity index (χ2n) is 7.67. The number of fused-ring (bicyclic) bond motifs is 3. The Labute approximate surface area is 177 Å². The van der Waals surface area contributed by atoms with Crippen molar-refractivity contribution in [1.29, 1.82) is 0 Å². The molecule has 0 saturated carbocycles. The lowest BCUT2D eigenvalue weighted by Crippen LogP contribution is -2.30. The third-order valence-corrected chi connectivity index (χ3v) is 5.92. The SMILES string of the molecule is COCCn1c(=O)c2c(-n3nncc3C3CCCN3C(C)=O)ncn2c2ccccc21. The van der Waals surface area contributed by atoms with Gasteiger partial charge in [0.25, 0.3) is 5.56 Å². The Bertz CT molecular complexity index is 1340. The van der Waals surface area contributed by atoms with E-state index in [1.165, 1.54) is 0 Å². The van der Waals surface area contributed by atoms with Crippen molar-refractivity contribution in [1.82, 2.24) is 33.8 Å². The van der Waals surface area contributed by atoms with E-state index in [4.69, 9.17) is 4.74 Å². The van der Waals surface area contributed by atoms with Crippen LogP contribution in [0.15, 0.2) is 41.6 Å². The van der Waals surface area contributed by atoms with E-state index in [9.17, 15) is 9.59 Å². The molecule has 160 valence electrons. The van der Waals surface area contributed by atoms with Crippen LogP contribution < -0.4 is 5.56 Å². The van der Waals surface area contributed by atoms with Gasteiger partial charge in [0.05, 0.1) is 35.6 Å². The first kappa shape index (κ1) is 19.4. The molecule has 4 heterocycles. The molecule has 0 spiro atoms. The zero-order valence-electron chi connectivity index (χ0n) is 17.4. The minimum absolute atomic E-state index is 0.0119. The summed E-state index contributed by atoms with van der Waals surface area (Å²) in [5.74, 6) is 0.419. The van der Waals surface area contributed by atoms with Gasteiger partial charge in [-0.15, -0.1) is 5.10 Å². The van der Waals surface area contributed by atoms with E-state index in [0.29, 0.717) is 31.0 Å². The van der Waals surface area contributed by atoms with Crippen LogP contribution >= 0.6 is 0 Å². The summed E-state index contributed by atoms with van der Waals surface area (Å²) >= 11 is 0. The second kappa shape index (κ2) is 7.62. The zero-order chi connectivity index (χ0) is 21.5. The van der Waals surface area contributed by atoms with Crippen molar-refractivity contribution in [2.24, 2.45) is 0 Å².